The maximum absolute atomic E-state index is 4.84. The van der Waals surface area contributed by atoms with E-state index in [9.17, 15) is 0 Å². The number of nitrogens with zero attached hydrogens (tertiary/aromatic N) is 1. The maximum atomic E-state index is 4.84. The summed E-state index contributed by atoms with van der Waals surface area (Å²) in [5, 5.41) is 4.84. The van der Waals surface area contributed by atoms with Gasteiger partial charge in [0.15, 0.2) is 0 Å². The predicted octanol–water partition coefficient (Wildman–Crippen LogP) is 7.48. The number of aromatic nitrogens is 1. The van der Waals surface area contributed by atoms with Gasteiger partial charge < -0.3 is 0 Å². The Balaban J connectivity index is 1.78. The summed E-state index contributed by atoms with van der Waals surface area (Å²) in [6.07, 6.45) is 1.97. The first-order chi connectivity index (χ1) is 13.3. The van der Waals surface area contributed by atoms with Crippen molar-refractivity contribution in [3.63, 3.8) is 0 Å². The van der Waals surface area contributed by atoms with Crippen LogP contribution in [0.3, 0.4) is 0 Å². The van der Waals surface area contributed by atoms with Gasteiger partial charge in [-0.3, -0.25) is 4.98 Å². The van der Waals surface area contributed by atoms with E-state index in [4.69, 9.17) is 4.98 Å². The molecule has 0 radical (unpaired) electrons. The van der Waals surface area contributed by atoms with Crippen LogP contribution in [-0.4, -0.2) is 4.98 Å². The normalized spacial score (nSPS) is 11.1. The molecule has 27 heavy (non-hydrogen) atoms. The number of benzene rings is 4. The average Bonchev–Trinajstić information content (AvgIpc) is 2.75. The second-order valence-corrected chi connectivity index (χ2v) is 7.37. The lowest BCUT2D eigenvalue weighted by Crippen LogP contribution is -1.90. The third-order valence-corrected chi connectivity index (χ3v) is 5.85. The Bertz CT molecular complexity index is 1200. The van der Waals surface area contributed by atoms with Gasteiger partial charge in [-0.2, -0.15) is 0 Å². The number of hydrogen-bond donors (Lipinski definition) is 0. The molecule has 1 heterocycles. The summed E-state index contributed by atoms with van der Waals surface area (Å²) < 4.78 is 1.14. The third kappa shape index (κ3) is 2.73. The Kier molecular flexibility index (Phi) is 3.99. The Morgan fingerprint density at radius 2 is 1.07 bits per heavy atom. The highest BCUT2D eigenvalue weighted by molar-refractivity contribution is 9.10. The monoisotopic (exact) mass is 409 g/mol. The SMILES string of the molecule is Brc1c2ccccc2c(-c2ccc(-c3ccccc3)cn2)c2ccccc12. The summed E-state index contributed by atoms with van der Waals surface area (Å²) >= 11 is 3.81. The summed E-state index contributed by atoms with van der Waals surface area (Å²) in [5.41, 5.74) is 4.49. The summed E-state index contributed by atoms with van der Waals surface area (Å²) in [6, 6.07) is 31.7. The van der Waals surface area contributed by atoms with Crippen LogP contribution in [0, 0.1) is 0 Å². The van der Waals surface area contributed by atoms with Crippen molar-refractivity contribution >= 4 is 37.5 Å². The molecule has 0 saturated carbocycles. The van der Waals surface area contributed by atoms with Crippen molar-refractivity contribution in [3.8, 4) is 22.4 Å². The molecule has 5 aromatic rings. The molecule has 5 rings (SSSR count). The molecule has 1 nitrogen and oxygen atoms in total. The van der Waals surface area contributed by atoms with Crippen molar-refractivity contribution in [1.29, 1.82) is 0 Å². The van der Waals surface area contributed by atoms with Crippen molar-refractivity contribution in [2.75, 3.05) is 0 Å². The Morgan fingerprint density at radius 3 is 1.63 bits per heavy atom. The van der Waals surface area contributed by atoms with Crippen LogP contribution in [0.4, 0.5) is 0 Å². The zero-order valence-electron chi connectivity index (χ0n) is 14.6. The van der Waals surface area contributed by atoms with Gasteiger partial charge in [0.25, 0.3) is 0 Å². The predicted molar refractivity (Wildman–Crippen MR) is 118 cm³/mol. The molecule has 0 aliphatic rings. The molecule has 0 fully saturated rings. The molecular formula is C25H16BrN. The fourth-order valence-electron chi connectivity index (χ4n) is 3.69. The second-order valence-electron chi connectivity index (χ2n) is 6.58. The molecule has 0 N–H and O–H groups in total. The first-order valence-corrected chi connectivity index (χ1v) is 9.73. The highest BCUT2D eigenvalue weighted by Crippen LogP contribution is 2.41. The first-order valence-electron chi connectivity index (χ1n) is 8.94. The molecule has 0 amide bonds. The highest BCUT2D eigenvalue weighted by Gasteiger charge is 2.14. The van der Waals surface area contributed by atoms with Crippen molar-refractivity contribution in [2.24, 2.45) is 0 Å². The van der Waals surface area contributed by atoms with E-state index in [1.165, 1.54) is 32.7 Å². The topological polar surface area (TPSA) is 12.9 Å². The Morgan fingerprint density at radius 1 is 0.519 bits per heavy atom. The van der Waals surface area contributed by atoms with Crippen molar-refractivity contribution in [2.45, 2.75) is 0 Å². The minimum absolute atomic E-state index is 0.995. The van der Waals surface area contributed by atoms with E-state index >= 15 is 0 Å². The van der Waals surface area contributed by atoms with Crippen LogP contribution in [0.2, 0.25) is 0 Å². The fraction of sp³-hybridized carbons (Fsp3) is 0. The molecule has 0 atom stereocenters. The molecule has 128 valence electrons. The Hall–Kier alpha value is -2.97. The molecule has 0 aliphatic heterocycles. The lowest BCUT2D eigenvalue weighted by molar-refractivity contribution is 1.34. The van der Waals surface area contributed by atoms with Crippen LogP contribution < -0.4 is 0 Å². The lowest BCUT2D eigenvalue weighted by atomic mass is 9.94. The minimum Gasteiger partial charge on any atom is -0.256 e. The largest absolute Gasteiger partial charge is 0.256 e. The fourth-order valence-corrected chi connectivity index (χ4v) is 4.39. The summed E-state index contributed by atoms with van der Waals surface area (Å²) in [4.78, 5) is 4.84. The number of pyridine rings is 1. The van der Waals surface area contributed by atoms with Crippen LogP contribution in [0.25, 0.3) is 43.9 Å². The zero-order valence-corrected chi connectivity index (χ0v) is 16.1. The van der Waals surface area contributed by atoms with Gasteiger partial charge in [0, 0.05) is 21.8 Å². The summed E-state index contributed by atoms with van der Waals surface area (Å²) in [5.74, 6) is 0. The van der Waals surface area contributed by atoms with Crippen molar-refractivity contribution < 1.29 is 0 Å². The van der Waals surface area contributed by atoms with Gasteiger partial charge in [-0.15, -0.1) is 0 Å². The van der Waals surface area contributed by atoms with Gasteiger partial charge >= 0.3 is 0 Å². The highest BCUT2D eigenvalue weighted by atomic mass is 79.9. The van der Waals surface area contributed by atoms with E-state index in [-0.39, 0.29) is 0 Å². The van der Waals surface area contributed by atoms with E-state index in [1.54, 1.807) is 0 Å². The molecule has 0 bridgehead atoms. The van der Waals surface area contributed by atoms with Gasteiger partial charge in [-0.05, 0) is 49.1 Å². The van der Waals surface area contributed by atoms with Gasteiger partial charge in [0.05, 0.1) is 5.69 Å². The van der Waals surface area contributed by atoms with Crippen LogP contribution in [0.5, 0.6) is 0 Å². The number of rotatable bonds is 2. The zero-order chi connectivity index (χ0) is 18.2. The van der Waals surface area contributed by atoms with E-state index in [0.29, 0.717) is 0 Å². The van der Waals surface area contributed by atoms with E-state index < -0.39 is 0 Å². The van der Waals surface area contributed by atoms with Crippen molar-refractivity contribution in [1.82, 2.24) is 4.98 Å². The molecule has 2 heteroatoms. The molecular weight excluding hydrogens is 394 g/mol. The number of fused-ring (bicyclic) bond motifs is 2. The third-order valence-electron chi connectivity index (χ3n) is 4.99. The van der Waals surface area contributed by atoms with Crippen LogP contribution in [0.15, 0.2) is 102 Å². The van der Waals surface area contributed by atoms with Gasteiger partial charge in [-0.1, -0.05) is 84.9 Å². The first kappa shape index (κ1) is 16.2. The molecule has 0 spiro atoms. The number of hydrogen-bond acceptors (Lipinski definition) is 1. The van der Waals surface area contributed by atoms with Gasteiger partial charge in [-0.25, -0.2) is 0 Å². The van der Waals surface area contributed by atoms with Crippen LogP contribution >= 0.6 is 15.9 Å². The molecule has 0 saturated heterocycles. The van der Waals surface area contributed by atoms with Gasteiger partial charge in [0.1, 0.15) is 0 Å². The summed E-state index contributed by atoms with van der Waals surface area (Å²) in [7, 11) is 0. The van der Waals surface area contributed by atoms with Crippen LogP contribution in [-0.2, 0) is 0 Å². The van der Waals surface area contributed by atoms with E-state index in [2.05, 4.69) is 101 Å². The molecule has 0 aliphatic carbocycles. The van der Waals surface area contributed by atoms with Crippen LogP contribution in [0.1, 0.15) is 0 Å². The van der Waals surface area contributed by atoms with Crippen molar-refractivity contribution in [3.05, 3.63) is 102 Å². The molecule has 0 unspecified atom stereocenters. The minimum atomic E-state index is 0.995. The van der Waals surface area contributed by atoms with E-state index in [0.717, 1.165) is 15.7 Å². The molecule has 4 aromatic carbocycles. The second kappa shape index (κ2) is 6.64. The summed E-state index contributed by atoms with van der Waals surface area (Å²) in [6.45, 7) is 0. The number of halogens is 1. The molecule has 1 aromatic heterocycles. The Labute approximate surface area is 166 Å². The standard InChI is InChI=1S/C25H16BrN/c26-25-21-12-6-4-10-19(21)24(20-11-5-7-13-22(20)25)23-15-14-18(16-27-23)17-8-2-1-3-9-17/h1-16H. The smallest absolute Gasteiger partial charge is 0.0714 e. The quantitative estimate of drug-likeness (QED) is 0.275. The average molecular weight is 410 g/mol. The lowest BCUT2D eigenvalue weighted by Gasteiger charge is -2.14. The maximum Gasteiger partial charge on any atom is 0.0714 e. The van der Waals surface area contributed by atoms with Gasteiger partial charge in [0.2, 0.25) is 0 Å². The van der Waals surface area contributed by atoms with E-state index in [1.807, 2.05) is 12.3 Å².